The van der Waals surface area contributed by atoms with E-state index in [0.717, 1.165) is 24.4 Å². The summed E-state index contributed by atoms with van der Waals surface area (Å²) in [6.07, 6.45) is 2.15. The van der Waals surface area contributed by atoms with Gasteiger partial charge in [0.05, 0.1) is 0 Å². The molecule has 2 rings (SSSR count). The van der Waals surface area contributed by atoms with Crippen LogP contribution in [0.3, 0.4) is 0 Å². The van der Waals surface area contributed by atoms with Gasteiger partial charge in [-0.2, -0.15) is 0 Å². The van der Waals surface area contributed by atoms with E-state index < -0.39 is 0 Å². The lowest BCUT2D eigenvalue weighted by atomic mass is 9.98. The van der Waals surface area contributed by atoms with Gasteiger partial charge in [-0.05, 0) is 49.2 Å². The normalized spacial score (nSPS) is 12.6. The second-order valence-electron chi connectivity index (χ2n) is 4.99. The van der Waals surface area contributed by atoms with Gasteiger partial charge in [-0.15, -0.1) is 11.3 Å². The number of nitrogens with one attached hydrogen (secondary N) is 1. The summed E-state index contributed by atoms with van der Waals surface area (Å²) in [6, 6.07) is 11.0. The average Bonchev–Trinajstić information content (AvgIpc) is 2.89. The summed E-state index contributed by atoms with van der Waals surface area (Å²) in [4.78, 5) is 2.89. The maximum atomic E-state index is 6.26. The summed E-state index contributed by atoms with van der Waals surface area (Å²) in [5, 5.41) is 4.44. The van der Waals surface area contributed by atoms with Gasteiger partial charge in [0.15, 0.2) is 0 Å². The Bertz CT molecular complexity index is 562. The molecular weight excluding hydrogens is 286 g/mol. The maximum absolute atomic E-state index is 6.26. The topological polar surface area (TPSA) is 12.0 Å². The van der Waals surface area contributed by atoms with Crippen LogP contribution in [0.15, 0.2) is 30.3 Å². The number of hydrogen-bond donors (Lipinski definition) is 1. The summed E-state index contributed by atoms with van der Waals surface area (Å²) < 4.78 is 0. The predicted molar refractivity (Wildman–Crippen MR) is 90.0 cm³/mol. The van der Waals surface area contributed by atoms with Crippen LogP contribution < -0.4 is 5.32 Å². The zero-order valence-corrected chi connectivity index (χ0v) is 13.9. The Balaban J connectivity index is 2.24. The van der Waals surface area contributed by atoms with Crippen LogP contribution in [0, 0.1) is 6.92 Å². The monoisotopic (exact) mass is 307 g/mol. The van der Waals surface area contributed by atoms with Gasteiger partial charge in [0.2, 0.25) is 0 Å². The third kappa shape index (κ3) is 3.63. The van der Waals surface area contributed by atoms with Crippen LogP contribution in [-0.4, -0.2) is 6.54 Å². The van der Waals surface area contributed by atoms with Crippen LogP contribution >= 0.6 is 22.9 Å². The number of aryl methyl sites for hydroxylation is 1. The number of benzene rings is 1. The summed E-state index contributed by atoms with van der Waals surface area (Å²) in [7, 11) is 0. The number of halogens is 1. The lowest BCUT2D eigenvalue weighted by Crippen LogP contribution is -2.23. The fraction of sp³-hybridized carbons (Fsp3) is 0.412. The van der Waals surface area contributed by atoms with E-state index in [1.54, 1.807) is 0 Å². The van der Waals surface area contributed by atoms with Crippen LogP contribution in [0.5, 0.6) is 0 Å². The Morgan fingerprint density at radius 3 is 2.55 bits per heavy atom. The minimum atomic E-state index is 0.335. The second-order valence-corrected chi connectivity index (χ2v) is 6.65. The summed E-state index contributed by atoms with van der Waals surface area (Å²) in [5.41, 5.74) is 2.50. The van der Waals surface area contributed by atoms with Gasteiger partial charge in [0.25, 0.3) is 0 Å². The SMILES string of the molecule is CCNC(Cc1ccc(CC)s1)c1cccc(Cl)c1C. The summed E-state index contributed by atoms with van der Waals surface area (Å²) in [6.45, 7) is 7.42. The van der Waals surface area contributed by atoms with E-state index in [-0.39, 0.29) is 0 Å². The van der Waals surface area contributed by atoms with E-state index in [0.29, 0.717) is 6.04 Å². The predicted octanol–water partition coefficient (Wildman–Crippen LogP) is 5.17. The molecule has 1 aromatic heterocycles. The molecule has 108 valence electrons. The highest BCUT2D eigenvalue weighted by Crippen LogP contribution is 2.28. The molecule has 0 amide bonds. The van der Waals surface area contributed by atoms with E-state index in [2.05, 4.69) is 44.3 Å². The molecule has 1 N–H and O–H groups in total. The molecule has 3 heteroatoms. The second kappa shape index (κ2) is 7.26. The molecule has 0 saturated heterocycles. The molecule has 1 heterocycles. The molecule has 0 aliphatic rings. The molecule has 2 aromatic rings. The molecule has 0 aliphatic heterocycles. The quantitative estimate of drug-likeness (QED) is 0.776. The van der Waals surface area contributed by atoms with Gasteiger partial charge in [0, 0.05) is 27.2 Å². The number of hydrogen-bond acceptors (Lipinski definition) is 2. The lowest BCUT2D eigenvalue weighted by Gasteiger charge is -2.20. The van der Waals surface area contributed by atoms with Gasteiger partial charge in [-0.1, -0.05) is 37.6 Å². The highest BCUT2D eigenvalue weighted by atomic mass is 35.5. The van der Waals surface area contributed by atoms with Crippen molar-refractivity contribution in [2.24, 2.45) is 0 Å². The molecule has 0 bridgehead atoms. The van der Waals surface area contributed by atoms with Crippen molar-refractivity contribution >= 4 is 22.9 Å². The van der Waals surface area contributed by atoms with E-state index in [4.69, 9.17) is 11.6 Å². The first-order chi connectivity index (χ1) is 9.65. The molecule has 1 atom stereocenters. The van der Waals surface area contributed by atoms with Gasteiger partial charge in [-0.25, -0.2) is 0 Å². The van der Waals surface area contributed by atoms with Crippen molar-refractivity contribution in [2.45, 2.75) is 39.7 Å². The summed E-state index contributed by atoms with van der Waals surface area (Å²) >= 11 is 8.18. The summed E-state index contributed by atoms with van der Waals surface area (Å²) in [5.74, 6) is 0. The molecule has 0 fully saturated rings. The van der Waals surface area contributed by atoms with E-state index >= 15 is 0 Å². The van der Waals surface area contributed by atoms with Crippen LogP contribution in [0.25, 0.3) is 0 Å². The van der Waals surface area contributed by atoms with E-state index in [1.807, 2.05) is 23.5 Å². The molecule has 20 heavy (non-hydrogen) atoms. The maximum Gasteiger partial charge on any atom is 0.0438 e. The highest BCUT2D eigenvalue weighted by molar-refractivity contribution is 7.11. The van der Waals surface area contributed by atoms with Gasteiger partial charge in [-0.3, -0.25) is 0 Å². The van der Waals surface area contributed by atoms with E-state index in [9.17, 15) is 0 Å². The van der Waals surface area contributed by atoms with Crippen molar-refractivity contribution in [3.05, 3.63) is 56.2 Å². The minimum Gasteiger partial charge on any atom is -0.310 e. The third-order valence-corrected chi connectivity index (χ3v) is 5.27. The van der Waals surface area contributed by atoms with Crippen LogP contribution in [0.4, 0.5) is 0 Å². The van der Waals surface area contributed by atoms with Crippen molar-refractivity contribution in [2.75, 3.05) is 6.54 Å². The Hall–Kier alpha value is -0.830. The number of thiophene rings is 1. The smallest absolute Gasteiger partial charge is 0.0438 e. The molecule has 1 nitrogen and oxygen atoms in total. The first kappa shape index (κ1) is 15.6. The third-order valence-electron chi connectivity index (χ3n) is 3.61. The Morgan fingerprint density at radius 1 is 1.15 bits per heavy atom. The fourth-order valence-corrected chi connectivity index (χ4v) is 3.65. The zero-order chi connectivity index (χ0) is 14.5. The highest BCUT2D eigenvalue weighted by Gasteiger charge is 2.15. The Kier molecular flexibility index (Phi) is 5.64. The number of likely N-dealkylation sites (N-methyl/N-ethyl adjacent to an activating group) is 1. The van der Waals surface area contributed by atoms with Crippen molar-refractivity contribution in [1.82, 2.24) is 5.32 Å². The molecular formula is C17H22ClNS. The molecule has 0 aliphatic carbocycles. The lowest BCUT2D eigenvalue weighted by molar-refractivity contribution is 0.551. The Labute approximate surface area is 131 Å². The fourth-order valence-electron chi connectivity index (χ4n) is 2.46. The number of rotatable bonds is 6. The van der Waals surface area contributed by atoms with Gasteiger partial charge in [0.1, 0.15) is 0 Å². The minimum absolute atomic E-state index is 0.335. The van der Waals surface area contributed by atoms with Crippen molar-refractivity contribution in [3.8, 4) is 0 Å². The van der Waals surface area contributed by atoms with Crippen molar-refractivity contribution in [3.63, 3.8) is 0 Å². The molecule has 1 aromatic carbocycles. The molecule has 0 saturated carbocycles. The first-order valence-electron chi connectivity index (χ1n) is 7.21. The van der Waals surface area contributed by atoms with Crippen molar-refractivity contribution < 1.29 is 0 Å². The molecule has 0 spiro atoms. The van der Waals surface area contributed by atoms with E-state index in [1.165, 1.54) is 20.9 Å². The largest absolute Gasteiger partial charge is 0.310 e. The standard InChI is InChI=1S/C17H22ClNS/c1-4-13-9-10-14(20-13)11-17(19-5-2)15-7-6-8-16(18)12(15)3/h6-10,17,19H,4-5,11H2,1-3H3. The van der Waals surface area contributed by atoms with Crippen LogP contribution in [0.1, 0.15) is 40.8 Å². The van der Waals surface area contributed by atoms with Crippen LogP contribution in [0.2, 0.25) is 5.02 Å². The zero-order valence-electron chi connectivity index (χ0n) is 12.4. The van der Waals surface area contributed by atoms with Gasteiger partial charge >= 0.3 is 0 Å². The molecule has 1 unspecified atom stereocenters. The van der Waals surface area contributed by atoms with Crippen LogP contribution in [-0.2, 0) is 12.8 Å². The van der Waals surface area contributed by atoms with Crippen molar-refractivity contribution in [1.29, 1.82) is 0 Å². The molecule has 0 radical (unpaired) electrons. The van der Waals surface area contributed by atoms with Gasteiger partial charge < -0.3 is 5.32 Å². The average molecular weight is 308 g/mol. The first-order valence-corrected chi connectivity index (χ1v) is 8.41. The Morgan fingerprint density at radius 2 is 1.90 bits per heavy atom.